The van der Waals surface area contributed by atoms with Crippen molar-refractivity contribution in [2.75, 3.05) is 19.8 Å². The molecule has 6 heteroatoms. The summed E-state index contributed by atoms with van der Waals surface area (Å²) in [7, 11) is 0. The fraction of sp³-hybridized carbons (Fsp3) is 0.947. The highest BCUT2D eigenvalue weighted by molar-refractivity contribution is 5.80. The minimum Gasteiger partial charge on any atom is -0.396 e. The molecule has 0 aliphatic heterocycles. The lowest BCUT2D eigenvalue weighted by molar-refractivity contribution is -0.162. The summed E-state index contributed by atoms with van der Waals surface area (Å²) < 4.78 is 5.73. The highest BCUT2D eigenvalue weighted by Crippen LogP contribution is 2.26. The van der Waals surface area contributed by atoms with Gasteiger partial charge < -0.3 is 25.8 Å². The molecule has 0 aromatic carbocycles. The first-order chi connectivity index (χ1) is 12.0. The van der Waals surface area contributed by atoms with Crippen LogP contribution in [0.5, 0.6) is 0 Å². The van der Waals surface area contributed by atoms with Gasteiger partial charge in [-0.2, -0.15) is 0 Å². The van der Waals surface area contributed by atoms with Crippen LogP contribution >= 0.6 is 0 Å². The average Bonchev–Trinajstić information content (AvgIpc) is 2.59. The first-order valence-corrected chi connectivity index (χ1v) is 9.87. The van der Waals surface area contributed by atoms with Gasteiger partial charge in [0.15, 0.2) is 6.10 Å². The average molecular weight is 362 g/mol. The lowest BCUT2D eigenvalue weighted by atomic mass is 9.88. The highest BCUT2D eigenvalue weighted by atomic mass is 16.5. The summed E-state index contributed by atoms with van der Waals surface area (Å²) in [4.78, 5) is 11.3. The summed E-state index contributed by atoms with van der Waals surface area (Å²) in [6.07, 6.45) is 10.6. The Bertz CT molecular complexity index is 319. The number of unbranched alkanes of at least 4 members (excludes halogenated alkanes) is 9. The molecule has 0 aromatic rings. The molecule has 0 rings (SSSR count). The number of hydrogen-bond donors (Lipinski definition) is 4. The van der Waals surface area contributed by atoms with Gasteiger partial charge >= 0.3 is 0 Å². The maximum Gasteiger partial charge on any atom is 0.249 e. The van der Waals surface area contributed by atoms with Crippen molar-refractivity contribution in [3.05, 3.63) is 0 Å². The van der Waals surface area contributed by atoms with Gasteiger partial charge in [-0.3, -0.25) is 4.79 Å². The van der Waals surface area contributed by atoms with Gasteiger partial charge in [0.2, 0.25) is 5.91 Å². The summed E-state index contributed by atoms with van der Waals surface area (Å²) in [6, 6.07) is 0. The van der Waals surface area contributed by atoms with E-state index in [9.17, 15) is 20.1 Å². The Morgan fingerprint density at radius 3 is 1.76 bits per heavy atom. The van der Waals surface area contributed by atoms with E-state index >= 15 is 0 Å². The predicted molar refractivity (Wildman–Crippen MR) is 99.1 cm³/mol. The molecule has 0 radical (unpaired) electrons. The van der Waals surface area contributed by atoms with Crippen LogP contribution in [0.3, 0.4) is 0 Å². The molecule has 0 spiro atoms. The largest absolute Gasteiger partial charge is 0.396 e. The first-order valence-electron chi connectivity index (χ1n) is 9.87. The topological polar surface area (TPSA) is 113 Å². The number of primary amides is 1. The lowest BCUT2D eigenvalue weighted by Gasteiger charge is -2.36. The van der Waals surface area contributed by atoms with E-state index in [2.05, 4.69) is 6.92 Å². The van der Waals surface area contributed by atoms with Crippen molar-refractivity contribution in [3.8, 4) is 0 Å². The number of carbonyl (C=O) groups excluding carboxylic acids is 1. The van der Waals surface area contributed by atoms with E-state index in [0.717, 1.165) is 19.3 Å². The molecule has 0 saturated heterocycles. The van der Waals surface area contributed by atoms with Crippen LogP contribution in [0.15, 0.2) is 0 Å². The first kappa shape index (κ1) is 24.3. The Morgan fingerprint density at radius 1 is 0.920 bits per heavy atom. The van der Waals surface area contributed by atoms with Gasteiger partial charge in [-0.25, -0.2) is 0 Å². The predicted octanol–water partition coefficient (Wildman–Crippen LogP) is 2.27. The summed E-state index contributed by atoms with van der Waals surface area (Å²) in [5.74, 6) is -0.898. The Morgan fingerprint density at radius 2 is 1.36 bits per heavy atom. The normalized spacial score (nSPS) is 13.1. The summed E-state index contributed by atoms with van der Waals surface area (Å²) in [6.45, 7) is 2.10. The number of hydrogen-bond acceptors (Lipinski definition) is 5. The molecule has 1 amide bonds. The Kier molecular flexibility index (Phi) is 15.1. The molecule has 0 aliphatic rings. The number of rotatable bonds is 18. The van der Waals surface area contributed by atoms with E-state index in [1.165, 1.54) is 44.9 Å². The molecule has 6 nitrogen and oxygen atoms in total. The Labute approximate surface area is 152 Å². The molecular formula is C19H39NO5. The zero-order valence-corrected chi connectivity index (χ0v) is 15.9. The zero-order valence-electron chi connectivity index (χ0n) is 15.9. The summed E-state index contributed by atoms with van der Waals surface area (Å²) in [5, 5.41) is 28.5. The van der Waals surface area contributed by atoms with Gasteiger partial charge in [0.1, 0.15) is 5.60 Å². The van der Waals surface area contributed by atoms with Gasteiger partial charge in [0.05, 0.1) is 0 Å². The number of carbonyl (C=O) groups is 1. The molecule has 1 unspecified atom stereocenters. The third-order valence-corrected chi connectivity index (χ3v) is 4.73. The fourth-order valence-corrected chi connectivity index (χ4v) is 3.12. The van der Waals surface area contributed by atoms with Crippen LogP contribution in [0.4, 0.5) is 0 Å². The molecule has 25 heavy (non-hydrogen) atoms. The fourth-order valence-electron chi connectivity index (χ4n) is 3.12. The van der Waals surface area contributed by atoms with Crippen LogP contribution in [-0.2, 0) is 9.53 Å². The van der Waals surface area contributed by atoms with Crippen LogP contribution in [0.2, 0.25) is 0 Å². The molecule has 1 atom stereocenters. The minimum atomic E-state index is -1.53. The summed E-state index contributed by atoms with van der Waals surface area (Å²) >= 11 is 0. The van der Waals surface area contributed by atoms with E-state index in [0.29, 0.717) is 6.61 Å². The van der Waals surface area contributed by atoms with E-state index in [1.54, 1.807) is 0 Å². The monoisotopic (exact) mass is 361 g/mol. The van der Waals surface area contributed by atoms with Gasteiger partial charge in [-0.15, -0.1) is 0 Å². The van der Waals surface area contributed by atoms with Crippen molar-refractivity contribution < 1.29 is 24.9 Å². The van der Waals surface area contributed by atoms with Crippen LogP contribution in [-0.4, -0.2) is 52.8 Å². The molecule has 0 saturated carbocycles. The van der Waals surface area contributed by atoms with Crippen molar-refractivity contribution >= 4 is 5.91 Å². The standard InChI is InChI=1S/C19H39NO5/c1-2-3-4-5-6-7-8-9-10-11-16-25-19(12-14-21,13-15-22)17(23)18(20)24/h17,21-23H,2-16H2,1H3,(H2,20,24). The van der Waals surface area contributed by atoms with E-state index < -0.39 is 17.6 Å². The number of amides is 1. The minimum absolute atomic E-state index is 0.0649. The lowest BCUT2D eigenvalue weighted by Crippen LogP contribution is -2.53. The zero-order chi connectivity index (χ0) is 19.0. The van der Waals surface area contributed by atoms with Gasteiger partial charge in [0, 0.05) is 32.7 Å². The third-order valence-electron chi connectivity index (χ3n) is 4.73. The van der Waals surface area contributed by atoms with Gasteiger partial charge in [-0.1, -0.05) is 64.7 Å². The molecule has 0 aromatic heterocycles. The third kappa shape index (κ3) is 10.8. The highest BCUT2D eigenvalue weighted by Gasteiger charge is 2.41. The maximum absolute atomic E-state index is 11.3. The molecule has 0 heterocycles. The van der Waals surface area contributed by atoms with Crippen LogP contribution in [0.1, 0.15) is 84.0 Å². The van der Waals surface area contributed by atoms with Crippen molar-refractivity contribution in [1.29, 1.82) is 0 Å². The second kappa shape index (κ2) is 15.6. The van der Waals surface area contributed by atoms with Crippen molar-refractivity contribution in [2.24, 2.45) is 5.73 Å². The number of nitrogens with two attached hydrogens (primary N) is 1. The molecule has 150 valence electrons. The second-order valence-corrected chi connectivity index (χ2v) is 6.85. The van der Waals surface area contributed by atoms with Crippen LogP contribution < -0.4 is 5.73 Å². The molecule has 0 bridgehead atoms. The van der Waals surface area contributed by atoms with E-state index in [1.807, 2.05) is 0 Å². The number of aliphatic hydroxyl groups is 3. The molecule has 0 aliphatic carbocycles. The van der Waals surface area contributed by atoms with Crippen LogP contribution in [0, 0.1) is 0 Å². The van der Waals surface area contributed by atoms with Gasteiger partial charge in [0.25, 0.3) is 0 Å². The quantitative estimate of drug-likeness (QED) is 0.280. The second-order valence-electron chi connectivity index (χ2n) is 6.85. The number of ether oxygens (including phenoxy) is 1. The number of aliphatic hydroxyl groups excluding tert-OH is 3. The van der Waals surface area contributed by atoms with E-state index in [-0.39, 0.29) is 26.1 Å². The Hall–Kier alpha value is -0.690. The SMILES string of the molecule is CCCCCCCCCCCCOC(CCO)(CCO)C(O)C(N)=O. The Balaban J connectivity index is 4.00. The molecule has 5 N–H and O–H groups in total. The van der Waals surface area contributed by atoms with Gasteiger partial charge in [-0.05, 0) is 6.42 Å². The van der Waals surface area contributed by atoms with Crippen molar-refractivity contribution in [2.45, 2.75) is 95.7 Å². The smallest absolute Gasteiger partial charge is 0.249 e. The maximum atomic E-state index is 11.3. The van der Waals surface area contributed by atoms with E-state index in [4.69, 9.17) is 10.5 Å². The summed E-state index contributed by atoms with van der Waals surface area (Å²) in [5.41, 5.74) is 3.88. The molecule has 0 fully saturated rings. The van der Waals surface area contributed by atoms with Crippen LogP contribution in [0.25, 0.3) is 0 Å². The van der Waals surface area contributed by atoms with Crippen molar-refractivity contribution in [3.63, 3.8) is 0 Å². The van der Waals surface area contributed by atoms with Crippen molar-refractivity contribution in [1.82, 2.24) is 0 Å². The molecular weight excluding hydrogens is 322 g/mol.